The van der Waals surface area contributed by atoms with E-state index in [9.17, 15) is 9.18 Å². The summed E-state index contributed by atoms with van der Waals surface area (Å²) >= 11 is 5.79. The average molecular weight is 528 g/mol. The first-order chi connectivity index (χ1) is 18.3. The van der Waals surface area contributed by atoms with E-state index in [-0.39, 0.29) is 30.2 Å². The lowest BCUT2D eigenvalue weighted by Gasteiger charge is -2.28. The second-order valence-corrected chi connectivity index (χ2v) is 10.0. The van der Waals surface area contributed by atoms with E-state index < -0.39 is 0 Å². The predicted molar refractivity (Wildman–Crippen MR) is 152 cm³/mol. The van der Waals surface area contributed by atoms with Gasteiger partial charge in [-0.2, -0.15) is 0 Å². The molecule has 1 aliphatic rings. The minimum Gasteiger partial charge on any atom is -0.352 e. The summed E-state index contributed by atoms with van der Waals surface area (Å²) < 4.78 is 16.1. The van der Waals surface area contributed by atoms with Crippen LogP contribution >= 0.6 is 12.2 Å². The molecule has 38 heavy (non-hydrogen) atoms. The van der Waals surface area contributed by atoms with Crippen molar-refractivity contribution < 1.29 is 9.18 Å². The van der Waals surface area contributed by atoms with E-state index in [4.69, 9.17) is 12.2 Å². The molecular weight excluding hydrogens is 497 g/mol. The van der Waals surface area contributed by atoms with Crippen molar-refractivity contribution in [2.75, 3.05) is 11.9 Å². The van der Waals surface area contributed by atoms with Crippen LogP contribution in [0.4, 0.5) is 10.1 Å². The molecule has 8 heteroatoms. The van der Waals surface area contributed by atoms with E-state index >= 15 is 0 Å². The molecule has 0 bridgehead atoms. The Morgan fingerprint density at radius 2 is 1.87 bits per heavy atom. The number of benzene rings is 2. The van der Waals surface area contributed by atoms with E-state index in [1.165, 1.54) is 12.1 Å². The molecule has 2 N–H and O–H groups in total. The highest BCUT2D eigenvalue weighted by Gasteiger charge is 2.41. The summed E-state index contributed by atoms with van der Waals surface area (Å²) in [5, 5.41) is 7.01. The van der Waals surface area contributed by atoms with Gasteiger partial charge < -0.3 is 20.1 Å². The zero-order valence-corrected chi connectivity index (χ0v) is 22.4. The molecule has 2 aromatic carbocycles. The molecule has 0 spiro atoms. The first-order valence-electron chi connectivity index (χ1n) is 12.6. The minimum atomic E-state index is -0.284. The lowest BCUT2D eigenvalue weighted by molar-refractivity contribution is -0.116. The van der Waals surface area contributed by atoms with Crippen LogP contribution in [-0.4, -0.2) is 32.0 Å². The number of halogens is 1. The number of hydrogen-bond acceptors (Lipinski definition) is 3. The Kier molecular flexibility index (Phi) is 7.24. The summed E-state index contributed by atoms with van der Waals surface area (Å²) in [5.74, 6) is -0.364. The zero-order chi connectivity index (χ0) is 26.8. The van der Waals surface area contributed by atoms with Gasteiger partial charge in [-0.1, -0.05) is 24.3 Å². The molecule has 194 valence electrons. The van der Waals surface area contributed by atoms with Crippen LogP contribution in [0.2, 0.25) is 0 Å². The highest BCUT2D eigenvalue weighted by Crippen LogP contribution is 2.41. The van der Waals surface area contributed by atoms with Crippen molar-refractivity contribution in [1.29, 1.82) is 0 Å². The fourth-order valence-corrected chi connectivity index (χ4v) is 5.58. The molecule has 1 fully saturated rings. The van der Waals surface area contributed by atoms with Crippen LogP contribution in [0.15, 0.2) is 79.0 Å². The first kappa shape index (κ1) is 25.6. The molecule has 0 saturated carbocycles. The molecule has 1 aliphatic heterocycles. The van der Waals surface area contributed by atoms with E-state index in [0.717, 1.165) is 39.6 Å². The summed E-state index contributed by atoms with van der Waals surface area (Å²) in [4.78, 5) is 19.6. The molecule has 1 amide bonds. The van der Waals surface area contributed by atoms with Crippen molar-refractivity contribution in [3.05, 3.63) is 113 Å². The first-order valence-corrected chi connectivity index (χ1v) is 13.0. The number of anilines is 1. The summed E-state index contributed by atoms with van der Waals surface area (Å²) in [6, 6.07) is 21.9. The van der Waals surface area contributed by atoms with E-state index in [1.807, 2.05) is 69.3 Å². The highest BCUT2D eigenvalue weighted by atomic mass is 32.1. The molecule has 0 aliphatic carbocycles. The van der Waals surface area contributed by atoms with Crippen LogP contribution in [0.5, 0.6) is 0 Å². The lowest BCUT2D eigenvalue weighted by atomic mass is 9.96. The monoisotopic (exact) mass is 527 g/mol. The van der Waals surface area contributed by atoms with Gasteiger partial charge in [-0.15, -0.1) is 0 Å². The third-order valence-corrected chi connectivity index (χ3v) is 7.29. The molecule has 1 saturated heterocycles. The van der Waals surface area contributed by atoms with Gasteiger partial charge in [0.25, 0.3) is 0 Å². The molecule has 0 unspecified atom stereocenters. The number of thiocarbonyl (C=S) groups is 1. The maximum absolute atomic E-state index is 14.1. The van der Waals surface area contributed by atoms with Crippen molar-refractivity contribution in [3.63, 3.8) is 0 Å². The second-order valence-electron chi connectivity index (χ2n) is 9.63. The van der Waals surface area contributed by atoms with Gasteiger partial charge in [0.15, 0.2) is 5.11 Å². The smallest absolute Gasteiger partial charge is 0.226 e. The number of nitrogens with zero attached hydrogens (tertiary/aromatic N) is 3. The number of carbonyl (C=O) groups excluding carboxylic acids is 1. The summed E-state index contributed by atoms with van der Waals surface area (Å²) in [6.07, 6.45) is 2.04. The second kappa shape index (κ2) is 10.8. The minimum absolute atomic E-state index is 0.0799. The summed E-state index contributed by atoms with van der Waals surface area (Å²) in [6.45, 7) is 6.47. The van der Waals surface area contributed by atoms with Crippen LogP contribution in [0.1, 0.15) is 46.7 Å². The molecule has 5 rings (SSSR count). The fourth-order valence-electron chi connectivity index (χ4n) is 5.25. The molecule has 2 atom stereocenters. The number of aromatic nitrogens is 2. The fraction of sp³-hybridized carbons (Fsp3) is 0.233. The van der Waals surface area contributed by atoms with Crippen LogP contribution in [0, 0.1) is 26.6 Å². The topological polar surface area (TPSA) is 62.2 Å². The maximum Gasteiger partial charge on any atom is 0.226 e. The maximum atomic E-state index is 14.1. The number of hydrogen-bond donors (Lipinski definition) is 2. The Bertz CT molecular complexity index is 1490. The van der Waals surface area contributed by atoms with E-state index in [2.05, 4.69) is 31.2 Å². The van der Waals surface area contributed by atoms with Gasteiger partial charge in [-0.05, 0) is 92.6 Å². The van der Waals surface area contributed by atoms with Gasteiger partial charge in [0, 0.05) is 41.9 Å². The lowest BCUT2D eigenvalue weighted by Crippen LogP contribution is -2.32. The number of carbonyl (C=O) groups is 1. The van der Waals surface area contributed by atoms with Gasteiger partial charge >= 0.3 is 0 Å². The normalized spacial score (nSPS) is 16.9. The number of pyridine rings is 1. The van der Waals surface area contributed by atoms with Crippen molar-refractivity contribution >= 4 is 28.9 Å². The number of rotatable bonds is 7. The molecule has 0 radical (unpaired) electrons. The van der Waals surface area contributed by atoms with Gasteiger partial charge in [0.2, 0.25) is 5.91 Å². The Morgan fingerprint density at radius 3 is 2.61 bits per heavy atom. The van der Waals surface area contributed by atoms with Crippen molar-refractivity contribution in [1.82, 2.24) is 19.8 Å². The number of amides is 1. The average Bonchev–Trinajstić information content (AvgIpc) is 3.37. The van der Waals surface area contributed by atoms with E-state index in [0.29, 0.717) is 11.7 Å². The van der Waals surface area contributed by atoms with Crippen molar-refractivity contribution in [3.8, 4) is 5.69 Å². The molecular formula is C30H30FN5OS. The third kappa shape index (κ3) is 5.17. The quantitative estimate of drug-likeness (QED) is 0.292. The third-order valence-electron chi connectivity index (χ3n) is 6.93. The Morgan fingerprint density at radius 1 is 1.05 bits per heavy atom. The Hall–Kier alpha value is -4.04. The van der Waals surface area contributed by atoms with E-state index in [1.54, 1.807) is 12.3 Å². The number of nitrogens with one attached hydrogen (secondary N) is 2. The molecule has 4 aromatic rings. The van der Waals surface area contributed by atoms with Crippen molar-refractivity contribution in [2.45, 2.75) is 39.3 Å². The largest absolute Gasteiger partial charge is 0.352 e. The SMILES string of the molecule is Cc1cccc(NC(=O)CCN2C(=S)N[C@@H](c3ccccn3)[C@H]2c2cc(C)n(-c3cccc(F)c3)c2C)c1. The Balaban J connectivity index is 1.47. The van der Waals surface area contributed by atoms with Crippen LogP contribution in [0.3, 0.4) is 0 Å². The summed E-state index contributed by atoms with van der Waals surface area (Å²) in [5.41, 5.74) is 6.50. The molecule has 3 heterocycles. The molecule has 2 aromatic heterocycles. The van der Waals surface area contributed by atoms with Gasteiger partial charge in [-0.3, -0.25) is 9.78 Å². The standard InChI is InChI=1S/C30H30FN5OS/c1-19-8-6-10-23(16-19)33-27(37)13-15-35-29(28(34-30(35)38)26-12-4-5-14-32-26)25-17-20(2)36(21(25)3)24-11-7-9-22(31)18-24/h4-12,14,16-18,28-29H,13,15H2,1-3H3,(H,33,37)(H,34,38)/t28-,29+/m0/s1. The van der Waals surface area contributed by atoms with Crippen LogP contribution in [0.25, 0.3) is 5.69 Å². The van der Waals surface area contributed by atoms with Crippen LogP contribution in [-0.2, 0) is 4.79 Å². The predicted octanol–water partition coefficient (Wildman–Crippen LogP) is 5.94. The van der Waals surface area contributed by atoms with Gasteiger partial charge in [0.05, 0.1) is 17.8 Å². The molecule has 6 nitrogen and oxygen atoms in total. The van der Waals surface area contributed by atoms with Crippen LogP contribution < -0.4 is 10.6 Å². The highest BCUT2D eigenvalue weighted by molar-refractivity contribution is 7.80. The van der Waals surface area contributed by atoms with Gasteiger partial charge in [-0.25, -0.2) is 4.39 Å². The van der Waals surface area contributed by atoms with Gasteiger partial charge in [0.1, 0.15) is 5.82 Å². The Labute approximate surface area is 227 Å². The number of aryl methyl sites for hydroxylation is 2. The zero-order valence-electron chi connectivity index (χ0n) is 21.6. The van der Waals surface area contributed by atoms with Crippen molar-refractivity contribution in [2.24, 2.45) is 0 Å². The summed E-state index contributed by atoms with van der Waals surface area (Å²) in [7, 11) is 0.